The molecule has 2 rings (SSSR count). The summed E-state index contributed by atoms with van der Waals surface area (Å²) in [5, 5.41) is 16.4. The second kappa shape index (κ2) is 5.21. The normalized spacial score (nSPS) is 13.1. The minimum Gasteiger partial charge on any atom is -0.768 e. The van der Waals surface area contributed by atoms with Crippen molar-refractivity contribution in [3.05, 3.63) is 34.2 Å². The van der Waals surface area contributed by atoms with E-state index in [4.69, 9.17) is 0 Å². The number of nitrogens with zero attached hydrogens (tertiary/aromatic N) is 3. The summed E-state index contributed by atoms with van der Waals surface area (Å²) < 4.78 is 63.4. The fraction of sp³-hybridized carbons (Fsp3) is 0.111. The molecule has 0 amide bonds. The number of hydrogen-bond donors (Lipinski definition) is 0. The molecule has 1 unspecified atom stereocenters. The average molecular weight is 322 g/mol. The van der Waals surface area contributed by atoms with Crippen molar-refractivity contribution in [2.24, 2.45) is 0 Å². The van der Waals surface area contributed by atoms with Crippen LogP contribution < -0.4 is 0 Å². The van der Waals surface area contributed by atoms with Crippen LogP contribution in [-0.2, 0) is 17.3 Å². The number of nitro groups is 1. The van der Waals surface area contributed by atoms with E-state index in [9.17, 15) is 32.0 Å². The Hall–Kier alpha value is -2.34. The van der Waals surface area contributed by atoms with Gasteiger partial charge in [0.25, 0.3) is 5.69 Å². The number of aromatic nitrogens is 2. The minimum atomic E-state index is -4.89. The van der Waals surface area contributed by atoms with E-state index >= 15 is 0 Å². The molecule has 0 saturated carbocycles. The standard InChI is InChI=1S/C9H4F3N3O5S/c10-9(11,12)8-14-13-7(20-8)5-2-1-4(15(16)17)3-6(5)21(18)19/h1-3H,(H,18,19)/p-1. The molecule has 1 aromatic carbocycles. The van der Waals surface area contributed by atoms with Crippen LogP contribution in [0.2, 0.25) is 0 Å². The summed E-state index contributed by atoms with van der Waals surface area (Å²) in [6.45, 7) is 0. The van der Waals surface area contributed by atoms with Crippen molar-refractivity contribution in [1.29, 1.82) is 0 Å². The van der Waals surface area contributed by atoms with Gasteiger partial charge >= 0.3 is 12.1 Å². The van der Waals surface area contributed by atoms with Crippen molar-refractivity contribution in [3.8, 4) is 11.5 Å². The third kappa shape index (κ3) is 3.05. The van der Waals surface area contributed by atoms with Gasteiger partial charge in [0.1, 0.15) is 0 Å². The Morgan fingerprint density at radius 2 is 1.95 bits per heavy atom. The number of nitro benzene ring substituents is 1. The maximum Gasteiger partial charge on any atom is 0.470 e. The zero-order valence-corrected chi connectivity index (χ0v) is 10.5. The van der Waals surface area contributed by atoms with Crippen LogP contribution in [0.1, 0.15) is 5.89 Å². The smallest absolute Gasteiger partial charge is 0.470 e. The van der Waals surface area contributed by atoms with E-state index in [1.54, 1.807) is 0 Å². The molecule has 12 heteroatoms. The minimum absolute atomic E-state index is 0.364. The molecule has 0 fully saturated rings. The van der Waals surface area contributed by atoms with Gasteiger partial charge in [-0.3, -0.25) is 14.3 Å². The summed E-state index contributed by atoms with van der Waals surface area (Å²) in [6.07, 6.45) is -4.89. The lowest BCUT2D eigenvalue weighted by atomic mass is 10.2. The van der Waals surface area contributed by atoms with Gasteiger partial charge in [-0.2, -0.15) is 13.2 Å². The van der Waals surface area contributed by atoms with E-state index in [1.165, 1.54) is 0 Å². The topological polar surface area (TPSA) is 122 Å². The molecule has 21 heavy (non-hydrogen) atoms. The van der Waals surface area contributed by atoms with Gasteiger partial charge in [0.05, 0.1) is 10.5 Å². The van der Waals surface area contributed by atoms with E-state index in [0.717, 1.165) is 12.1 Å². The Morgan fingerprint density at radius 1 is 1.29 bits per heavy atom. The van der Waals surface area contributed by atoms with Gasteiger partial charge in [0.15, 0.2) is 0 Å². The number of hydrogen-bond acceptors (Lipinski definition) is 7. The molecular formula is C9H3F3N3O5S-. The van der Waals surface area contributed by atoms with Crippen molar-refractivity contribution in [1.82, 2.24) is 10.2 Å². The average Bonchev–Trinajstić information content (AvgIpc) is 2.87. The zero-order chi connectivity index (χ0) is 15.8. The number of rotatable bonds is 3. The first-order chi connectivity index (χ1) is 9.70. The molecule has 0 spiro atoms. The third-order valence-corrected chi connectivity index (χ3v) is 2.95. The van der Waals surface area contributed by atoms with E-state index < -0.39 is 44.5 Å². The summed E-state index contributed by atoms with van der Waals surface area (Å²) in [7, 11) is 0. The molecule has 0 saturated heterocycles. The van der Waals surface area contributed by atoms with Crippen LogP contribution in [0.4, 0.5) is 18.9 Å². The summed E-state index contributed by atoms with van der Waals surface area (Å²) in [5.41, 5.74) is -0.912. The van der Waals surface area contributed by atoms with Crippen LogP contribution >= 0.6 is 0 Å². The molecule has 1 atom stereocenters. The van der Waals surface area contributed by atoms with Crippen LogP contribution in [-0.4, -0.2) is 23.9 Å². The van der Waals surface area contributed by atoms with Crippen molar-refractivity contribution in [3.63, 3.8) is 0 Å². The predicted octanol–water partition coefficient (Wildman–Crippen LogP) is 1.90. The quantitative estimate of drug-likeness (QED) is 0.480. The van der Waals surface area contributed by atoms with Crippen molar-refractivity contribution >= 4 is 16.8 Å². The molecule has 0 bridgehead atoms. The maximum absolute atomic E-state index is 12.3. The fourth-order valence-electron chi connectivity index (χ4n) is 1.39. The Morgan fingerprint density at radius 3 is 2.43 bits per heavy atom. The predicted molar refractivity (Wildman–Crippen MR) is 58.6 cm³/mol. The van der Waals surface area contributed by atoms with Crippen LogP contribution in [0, 0.1) is 10.1 Å². The van der Waals surface area contributed by atoms with Gasteiger partial charge in [0.2, 0.25) is 5.89 Å². The van der Waals surface area contributed by atoms with E-state index in [2.05, 4.69) is 14.6 Å². The molecule has 0 aliphatic carbocycles. The van der Waals surface area contributed by atoms with E-state index in [-0.39, 0.29) is 5.56 Å². The maximum atomic E-state index is 12.3. The van der Waals surface area contributed by atoms with Gasteiger partial charge in [-0.15, -0.1) is 10.2 Å². The highest BCUT2D eigenvalue weighted by Gasteiger charge is 2.38. The fourth-order valence-corrected chi connectivity index (χ4v) is 1.94. The molecule has 0 aliphatic rings. The second-order valence-corrected chi connectivity index (χ2v) is 4.49. The first kappa shape index (κ1) is 15.1. The third-order valence-electron chi connectivity index (χ3n) is 2.25. The highest BCUT2D eigenvalue weighted by atomic mass is 32.2. The number of alkyl halides is 3. The molecule has 1 aromatic heterocycles. The molecule has 2 aromatic rings. The largest absolute Gasteiger partial charge is 0.768 e. The van der Waals surface area contributed by atoms with Crippen LogP contribution in [0.25, 0.3) is 11.5 Å². The van der Waals surface area contributed by atoms with Crippen molar-refractivity contribution < 1.29 is 31.3 Å². The highest BCUT2D eigenvalue weighted by molar-refractivity contribution is 7.79. The molecule has 0 radical (unpaired) electrons. The summed E-state index contributed by atoms with van der Waals surface area (Å²) in [5.74, 6) is -2.37. The Bertz CT molecular complexity index is 730. The lowest BCUT2D eigenvalue weighted by Gasteiger charge is -2.08. The van der Waals surface area contributed by atoms with Gasteiger partial charge in [0, 0.05) is 17.0 Å². The zero-order valence-electron chi connectivity index (χ0n) is 9.66. The summed E-state index contributed by atoms with van der Waals surface area (Å²) in [4.78, 5) is 9.09. The lowest BCUT2D eigenvalue weighted by Crippen LogP contribution is -2.04. The molecule has 112 valence electrons. The second-order valence-electron chi connectivity index (χ2n) is 3.58. The molecule has 8 nitrogen and oxygen atoms in total. The molecular weight excluding hydrogens is 319 g/mol. The molecule has 0 aliphatic heterocycles. The van der Waals surface area contributed by atoms with Gasteiger partial charge in [-0.25, -0.2) is 0 Å². The van der Waals surface area contributed by atoms with E-state index in [0.29, 0.717) is 6.07 Å². The summed E-state index contributed by atoms with van der Waals surface area (Å²) >= 11 is -2.94. The van der Waals surface area contributed by atoms with E-state index in [1.807, 2.05) is 0 Å². The van der Waals surface area contributed by atoms with Crippen LogP contribution in [0.3, 0.4) is 0 Å². The van der Waals surface area contributed by atoms with Gasteiger partial charge in [-0.05, 0) is 17.1 Å². The lowest BCUT2D eigenvalue weighted by molar-refractivity contribution is -0.385. The number of non-ortho nitro benzene ring substituents is 1. The Balaban J connectivity index is 2.56. The number of benzene rings is 1. The molecule has 1 heterocycles. The summed E-state index contributed by atoms with van der Waals surface area (Å²) in [6, 6.07) is 2.50. The van der Waals surface area contributed by atoms with Gasteiger partial charge < -0.3 is 8.97 Å². The van der Waals surface area contributed by atoms with Crippen LogP contribution in [0.5, 0.6) is 0 Å². The Kier molecular flexibility index (Phi) is 3.74. The highest BCUT2D eigenvalue weighted by Crippen LogP contribution is 2.33. The van der Waals surface area contributed by atoms with Crippen molar-refractivity contribution in [2.75, 3.05) is 0 Å². The SMILES string of the molecule is O=[N+]([O-])c1ccc(-c2nnc(C(F)(F)F)o2)c(S(=O)[O-])c1. The molecule has 0 N–H and O–H groups in total. The first-order valence-corrected chi connectivity index (χ1v) is 6.06. The first-order valence-electron chi connectivity index (χ1n) is 4.99. The number of halogens is 3. The van der Waals surface area contributed by atoms with Gasteiger partial charge in [-0.1, -0.05) is 0 Å². The Labute approximate surface area is 116 Å². The monoisotopic (exact) mass is 322 g/mol. The van der Waals surface area contributed by atoms with Crippen molar-refractivity contribution in [2.45, 2.75) is 11.1 Å². The van der Waals surface area contributed by atoms with Crippen LogP contribution in [0.15, 0.2) is 27.5 Å².